The maximum atomic E-state index is 12.0. The van der Waals surface area contributed by atoms with Crippen LogP contribution in [-0.2, 0) is 9.53 Å². The summed E-state index contributed by atoms with van der Waals surface area (Å²) in [5.41, 5.74) is 1.17. The minimum atomic E-state index is -0.113. The van der Waals surface area contributed by atoms with Crippen LogP contribution in [0.3, 0.4) is 0 Å². The fourth-order valence-corrected chi connectivity index (χ4v) is 2.16. The quantitative estimate of drug-likeness (QED) is 0.857. The lowest BCUT2D eigenvalue weighted by molar-refractivity contribution is -0.119. The van der Waals surface area contributed by atoms with Crippen molar-refractivity contribution in [2.45, 2.75) is 12.5 Å². The number of rotatable bonds is 4. The van der Waals surface area contributed by atoms with Crippen LogP contribution in [0.4, 0.5) is 5.69 Å². The van der Waals surface area contributed by atoms with Crippen molar-refractivity contribution in [3.63, 3.8) is 0 Å². The van der Waals surface area contributed by atoms with E-state index in [1.165, 1.54) is 4.90 Å². The lowest BCUT2D eigenvalue weighted by Crippen LogP contribution is -2.40. The van der Waals surface area contributed by atoms with Crippen molar-refractivity contribution in [3.8, 4) is 0 Å². The molecule has 0 spiro atoms. The molecule has 1 aromatic carbocycles. The topological polar surface area (TPSA) is 70.7 Å². The van der Waals surface area contributed by atoms with Crippen molar-refractivity contribution in [2.75, 3.05) is 39.1 Å². The molecule has 6 nitrogen and oxygen atoms in total. The average molecular weight is 291 g/mol. The second-order valence-corrected chi connectivity index (χ2v) is 5.23. The van der Waals surface area contributed by atoms with E-state index < -0.39 is 0 Å². The highest BCUT2D eigenvalue weighted by Gasteiger charge is 2.17. The SMILES string of the molecule is CN(C)C(=O)c1cccc(NC(=O)CC2CNCCO2)c1. The van der Waals surface area contributed by atoms with Gasteiger partial charge in [0, 0.05) is 38.4 Å². The highest BCUT2D eigenvalue weighted by molar-refractivity contribution is 5.97. The van der Waals surface area contributed by atoms with Crippen LogP contribution >= 0.6 is 0 Å². The van der Waals surface area contributed by atoms with Crippen LogP contribution in [0.15, 0.2) is 24.3 Å². The molecule has 2 rings (SSSR count). The Labute approximate surface area is 124 Å². The van der Waals surface area contributed by atoms with E-state index in [0.29, 0.717) is 30.8 Å². The molecular formula is C15H21N3O3. The number of nitrogens with zero attached hydrogens (tertiary/aromatic N) is 1. The molecule has 0 aromatic heterocycles. The highest BCUT2D eigenvalue weighted by Crippen LogP contribution is 2.13. The zero-order valence-corrected chi connectivity index (χ0v) is 12.4. The van der Waals surface area contributed by atoms with Gasteiger partial charge in [-0.3, -0.25) is 9.59 Å². The number of benzene rings is 1. The van der Waals surface area contributed by atoms with Crippen LogP contribution in [0, 0.1) is 0 Å². The maximum Gasteiger partial charge on any atom is 0.253 e. The van der Waals surface area contributed by atoms with E-state index in [0.717, 1.165) is 6.54 Å². The molecule has 6 heteroatoms. The van der Waals surface area contributed by atoms with Crippen LogP contribution in [0.1, 0.15) is 16.8 Å². The normalized spacial score (nSPS) is 18.1. The van der Waals surface area contributed by atoms with Crippen LogP contribution < -0.4 is 10.6 Å². The smallest absolute Gasteiger partial charge is 0.253 e. The summed E-state index contributed by atoms with van der Waals surface area (Å²) in [5, 5.41) is 5.99. The molecule has 1 aromatic rings. The summed E-state index contributed by atoms with van der Waals surface area (Å²) in [6.45, 7) is 2.14. The van der Waals surface area contributed by atoms with Gasteiger partial charge in [-0.2, -0.15) is 0 Å². The first-order valence-electron chi connectivity index (χ1n) is 7.00. The Balaban J connectivity index is 1.94. The molecule has 114 valence electrons. The molecule has 1 saturated heterocycles. The van der Waals surface area contributed by atoms with Crippen molar-refractivity contribution in [1.82, 2.24) is 10.2 Å². The van der Waals surface area contributed by atoms with Gasteiger partial charge in [0.2, 0.25) is 5.91 Å². The second-order valence-electron chi connectivity index (χ2n) is 5.23. The zero-order valence-electron chi connectivity index (χ0n) is 12.4. The lowest BCUT2D eigenvalue weighted by atomic mass is 10.1. The first-order chi connectivity index (χ1) is 10.1. The fourth-order valence-electron chi connectivity index (χ4n) is 2.16. The Morgan fingerprint density at radius 2 is 2.24 bits per heavy atom. The Morgan fingerprint density at radius 3 is 2.90 bits per heavy atom. The second kappa shape index (κ2) is 7.19. The summed E-state index contributed by atoms with van der Waals surface area (Å²) in [4.78, 5) is 25.4. The molecule has 1 heterocycles. The Bertz CT molecular complexity index is 511. The molecule has 1 aliphatic rings. The Morgan fingerprint density at radius 1 is 1.43 bits per heavy atom. The van der Waals surface area contributed by atoms with Crippen LogP contribution in [-0.4, -0.2) is 56.6 Å². The van der Waals surface area contributed by atoms with E-state index >= 15 is 0 Å². The van der Waals surface area contributed by atoms with Crippen molar-refractivity contribution >= 4 is 17.5 Å². The number of hydrogen-bond donors (Lipinski definition) is 2. The third-order valence-corrected chi connectivity index (χ3v) is 3.22. The minimum absolute atomic E-state index is 0.0917. The van der Waals surface area contributed by atoms with Gasteiger partial charge in [-0.05, 0) is 18.2 Å². The third kappa shape index (κ3) is 4.54. The van der Waals surface area contributed by atoms with E-state index in [1.807, 2.05) is 0 Å². The Kier molecular flexibility index (Phi) is 5.30. The van der Waals surface area contributed by atoms with Gasteiger partial charge in [0.1, 0.15) is 0 Å². The van der Waals surface area contributed by atoms with Gasteiger partial charge in [0.05, 0.1) is 19.1 Å². The third-order valence-electron chi connectivity index (χ3n) is 3.22. The number of ether oxygens (including phenoxy) is 1. The van der Waals surface area contributed by atoms with Gasteiger partial charge in [-0.25, -0.2) is 0 Å². The predicted octanol–water partition coefficient (Wildman–Crippen LogP) is 0.705. The van der Waals surface area contributed by atoms with Gasteiger partial charge in [0.25, 0.3) is 5.91 Å². The number of hydrogen-bond acceptors (Lipinski definition) is 4. The number of nitrogens with one attached hydrogen (secondary N) is 2. The molecule has 1 fully saturated rings. The van der Waals surface area contributed by atoms with Gasteiger partial charge in [-0.15, -0.1) is 0 Å². The van der Waals surface area contributed by atoms with E-state index in [4.69, 9.17) is 4.74 Å². The zero-order chi connectivity index (χ0) is 15.2. The largest absolute Gasteiger partial charge is 0.375 e. The van der Waals surface area contributed by atoms with Gasteiger partial charge in [-0.1, -0.05) is 6.07 Å². The molecule has 1 unspecified atom stereocenters. The first kappa shape index (κ1) is 15.5. The number of carbonyl (C=O) groups excluding carboxylic acids is 2. The van der Waals surface area contributed by atoms with E-state index in [-0.39, 0.29) is 17.9 Å². The maximum absolute atomic E-state index is 12.0. The predicted molar refractivity (Wildman–Crippen MR) is 80.3 cm³/mol. The van der Waals surface area contributed by atoms with Gasteiger partial charge >= 0.3 is 0 Å². The van der Waals surface area contributed by atoms with Crippen LogP contribution in [0.25, 0.3) is 0 Å². The summed E-state index contributed by atoms with van der Waals surface area (Å²) in [6.07, 6.45) is 0.212. The van der Waals surface area contributed by atoms with Crippen LogP contribution in [0.2, 0.25) is 0 Å². The summed E-state index contributed by atoms with van der Waals surface area (Å²) in [5.74, 6) is -0.205. The van der Waals surface area contributed by atoms with Crippen molar-refractivity contribution in [1.29, 1.82) is 0 Å². The standard InChI is InChI=1S/C15H21N3O3/c1-18(2)15(20)11-4-3-5-12(8-11)17-14(19)9-13-10-16-6-7-21-13/h3-5,8,13,16H,6-7,9-10H2,1-2H3,(H,17,19). The van der Waals surface area contributed by atoms with E-state index in [1.54, 1.807) is 38.4 Å². The molecule has 2 N–H and O–H groups in total. The first-order valence-corrected chi connectivity index (χ1v) is 7.00. The average Bonchev–Trinajstić information content (AvgIpc) is 2.47. The van der Waals surface area contributed by atoms with Crippen LogP contribution in [0.5, 0.6) is 0 Å². The Hall–Kier alpha value is -1.92. The summed E-state index contributed by atoms with van der Waals surface area (Å²) in [7, 11) is 3.39. The summed E-state index contributed by atoms with van der Waals surface area (Å²) < 4.78 is 5.50. The van der Waals surface area contributed by atoms with Crippen molar-refractivity contribution in [3.05, 3.63) is 29.8 Å². The molecule has 0 aliphatic carbocycles. The molecule has 1 atom stereocenters. The molecule has 0 bridgehead atoms. The van der Waals surface area contributed by atoms with E-state index in [9.17, 15) is 9.59 Å². The van der Waals surface area contributed by atoms with Crippen molar-refractivity contribution in [2.24, 2.45) is 0 Å². The number of morpholine rings is 1. The van der Waals surface area contributed by atoms with Gasteiger partial charge in [0.15, 0.2) is 0 Å². The minimum Gasteiger partial charge on any atom is -0.375 e. The fraction of sp³-hybridized carbons (Fsp3) is 0.467. The molecule has 21 heavy (non-hydrogen) atoms. The summed E-state index contributed by atoms with van der Waals surface area (Å²) in [6, 6.07) is 6.93. The number of amides is 2. The van der Waals surface area contributed by atoms with Gasteiger partial charge < -0.3 is 20.3 Å². The highest BCUT2D eigenvalue weighted by atomic mass is 16.5. The number of carbonyl (C=O) groups is 2. The lowest BCUT2D eigenvalue weighted by Gasteiger charge is -2.23. The molecular weight excluding hydrogens is 270 g/mol. The molecule has 0 radical (unpaired) electrons. The molecule has 2 amide bonds. The monoisotopic (exact) mass is 291 g/mol. The molecule has 1 aliphatic heterocycles. The van der Waals surface area contributed by atoms with E-state index in [2.05, 4.69) is 10.6 Å². The molecule has 0 saturated carbocycles. The van der Waals surface area contributed by atoms with Crippen molar-refractivity contribution < 1.29 is 14.3 Å². The number of anilines is 1. The summed E-state index contributed by atoms with van der Waals surface area (Å²) >= 11 is 0.